The highest BCUT2D eigenvalue weighted by Crippen LogP contribution is 2.37. The van der Waals surface area contributed by atoms with E-state index in [0.29, 0.717) is 33.5 Å². The summed E-state index contributed by atoms with van der Waals surface area (Å²) in [7, 11) is 0. The number of benzene rings is 3. The molecule has 0 spiro atoms. The number of carbonyl (C=O) groups excluding carboxylic acids is 1. The Kier molecular flexibility index (Phi) is 4.70. The minimum absolute atomic E-state index is 0.0317. The highest BCUT2D eigenvalue weighted by atomic mass is 19.4. The molecule has 33 heavy (non-hydrogen) atoms. The van der Waals surface area contributed by atoms with Gasteiger partial charge in [-0.2, -0.15) is 17.7 Å². The minimum atomic E-state index is -4.57. The number of fused-ring (bicyclic) bond motifs is 3. The summed E-state index contributed by atoms with van der Waals surface area (Å²) in [6, 6.07) is 18.8. The van der Waals surface area contributed by atoms with E-state index in [0.717, 1.165) is 6.07 Å². The van der Waals surface area contributed by atoms with Gasteiger partial charge in [-0.3, -0.25) is 4.79 Å². The summed E-state index contributed by atoms with van der Waals surface area (Å²) in [6.07, 6.45) is -4.57. The zero-order valence-electron chi connectivity index (χ0n) is 16.8. The van der Waals surface area contributed by atoms with Crippen molar-refractivity contribution in [2.45, 2.75) is 6.18 Å². The summed E-state index contributed by atoms with van der Waals surface area (Å²) in [5.74, 6) is -0.199. The summed E-state index contributed by atoms with van der Waals surface area (Å²) in [5.41, 5.74) is 5.62. The fraction of sp³-hybridized carbons (Fsp3) is 0.0435. The van der Waals surface area contributed by atoms with Gasteiger partial charge in [0.2, 0.25) is 5.91 Å². The second-order valence-corrected chi connectivity index (χ2v) is 7.26. The van der Waals surface area contributed by atoms with Crippen molar-refractivity contribution in [2.24, 2.45) is 5.73 Å². The van der Waals surface area contributed by atoms with Crippen LogP contribution in [0.25, 0.3) is 27.8 Å². The van der Waals surface area contributed by atoms with Gasteiger partial charge in [0.25, 0.3) is 0 Å². The predicted octanol–water partition coefficient (Wildman–Crippen LogP) is 4.81. The van der Waals surface area contributed by atoms with Gasteiger partial charge in [0.1, 0.15) is 0 Å². The van der Waals surface area contributed by atoms with Crippen LogP contribution >= 0.6 is 0 Å². The Morgan fingerprint density at radius 1 is 0.879 bits per heavy atom. The van der Waals surface area contributed by atoms with Gasteiger partial charge in [-0.05, 0) is 30.3 Å². The molecule has 3 N–H and O–H groups in total. The molecule has 1 amide bonds. The van der Waals surface area contributed by atoms with E-state index in [4.69, 9.17) is 5.73 Å². The van der Waals surface area contributed by atoms with E-state index in [1.54, 1.807) is 36.4 Å². The Labute approximate surface area is 184 Å². The molecule has 0 atom stereocenters. The van der Waals surface area contributed by atoms with Crippen LogP contribution in [0, 0.1) is 0 Å². The van der Waals surface area contributed by atoms with E-state index < -0.39 is 17.6 Å². The van der Waals surface area contributed by atoms with Crippen LogP contribution in [0.15, 0.2) is 72.8 Å². The zero-order valence-corrected chi connectivity index (χ0v) is 16.8. The second kappa shape index (κ2) is 7.59. The topological polar surface area (TPSA) is 98.2 Å². The van der Waals surface area contributed by atoms with Crippen molar-refractivity contribution in [3.63, 3.8) is 0 Å². The van der Waals surface area contributed by atoms with E-state index in [9.17, 15) is 18.0 Å². The largest absolute Gasteiger partial charge is 0.417 e. The number of anilines is 2. The number of aromatic nitrogens is 4. The number of alkyl halides is 3. The van der Waals surface area contributed by atoms with Crippen LogP contribution in [0.1, 0.15) is 15.9 Å². The number of nitrogens with two attached hydrogens (primary N) is 1. The Hall–Kier alpha value is -4.47. The van der Waals surface area contributed by atoms with Gasteiger partial charge in [0.15, 0.2) is 17.3 Å². The quantitative estimate of drug-likeness (QED) is 0.411. The molecule has 2 aromatic heterocycles. The van der Waals surface area contributed by atoms with E-state index in [1.807, 2.05) is 12.1 Å². The molecular formula is C23H15F3N6O. The smallest absolute Gasteiger partial charge is 0.366 e. The molecule has 0 aliphatic carbocycles. The molecule has 0 aliphatic heterocycles. The second-order valence-electron chi connectivity index (χ2n) is 7.26. The SMILES string of the molecule is NC(=O)c1ccc(Nc2nn3c(-c4ccccc4C(F)(F)F)nnc3c3ccccc23)cc1. The van der Waals surface area contributed by atoms with Gasteiger partial charge >= 0.3 is 6.18 Å². The first kappa shape index (κ1) is 20.4. The van der Waals surface area contributed by atoms with E-state index in [1.165, 1.54) is 22.7 Å². The standard InChI is InChI=1S/C23H15F3N6O/c24-23(25,26)18-8-4-3-7-17(18)22-30-29-21-16-6-2-1-5-15(16)20(31-32(21)22)28-14-11-9-13(10-12-14)19(27)33/h1-12H,(H2,27,33)(H,28,31). The number of nitrogens with one attached hydrogen (secondary N) is 1. The summed E-state index contributed by atoms with van der Waals surface area (Å²) in [6.45, 7) is 0. The van der Waals surface area contributed by atoms with Crippen LogP contribution in [0.4, 0.5) is 24.7 Å². The highest BCUT2D eigenvalue weighted by molar-refractivity contribution is 6.01. The lowest BCUT2D eigenvalue weighted by atomic mass is 10.1. The molecule has 2 heterocycles. The van der Waals surface area contributed by atoms with E-state index >= 15 is 0 Å². The molecule has 0 bridgehead atoms. The summed E-state index contributed by atoms with van der Waals surface area (Å²) in [4.78, 5) is 11.3. The van der Waals surface area contributed by atoms with Crippen LogP contribution in [0.3, 0.4) is 0 Å². The number of nitrogens with zero attached hydrogens (tertiary/aromatic N) is 4. The van der Waals surface area contributed by atoms with Crippen molar-refractivity contribution < 1.29 is 18.0 Å². The molecule has 0 aliphatic rings. The first-order valence-electron chi connectivity index (χ1n) is 9.80. The maximum atomic E-state index is 13.6. The molecule has 3 aromatic carbocycles. The normalized spacial score (nSPS) is 11.7. The maximum absolute atomic E-state index is 13.6. The lowest BCUT2D eigenvalue weighted by molar-refractivity contribution is -0.137. The number of amides is 1. The Morgan fingerprint density at radius 3 is 2.24 bits per heavy atom. The van der Waals surface area contributed by atoms with Gasteiger partial charge < -0.3 is 11.1 Å². The van der Waals surface area contributed by atoms with Crippen molar-refractivity contribution in [2.75, 3.05) is 5.32 Å². The Balaban J connectivity index is 1.70. The van der Waals surface area contributed by atoms with Gasteiger partial charge in [-0.1, -0.05) is 42.5 Å². The Bertz CT molecular complexity index is 1510. The van der Waals surface area contributed by atoms with Crippen molar-refractivity contribution in [3.05, 3.63) is 83.9 Å². The van der Waals surface area contributed by atoms with Crippen LogP contribution in [0.5, 0.6) is 0 Å². The molecule has 0 saturated heterocycles. The highest BCUT2D eigenvalue weighted by Gasteiger charge is 2.34. The molecule has 0 radical (unpaired) electrons. The number of primary amides is 1. The lowest BCUT2D eigenvalue weighted by Crippen LogP contribution is -2.10. The molecule has 10 heteroatoms. The van der Waals surface area contributed by atoms with Crippen LogP contribution in [-0.2, 0) is 6.18 Å². The average Bonchev–Trinajstić information content (AvgIpc) is 3.23. The minimum Gasteiger partial charge on any atom is -0.366 e. The van der Waals surface area contributed by atoms with Gasteiger partial charge in [0.05, 0.1) is 5.56 Å². The zero-order chi connectivity index (χ0) is 23.2. The number of hydrogen-bond donors (Lipinski definition) is 2. The number of hydrogen-bond acceptors (Lipinski definition) is 5. The predicted molar refractivity (Wildman–Crippen MR) is 117 cm³/mol. The molecule has 0 unspecified atom stereocenters. The monoisotopic (exact) mass is 448 g/mol. The van der Waals surface area contributed by atoms with Gasteiger partial charge in [0, 0.05) is 27.6 Å². The lowest BCUT2D eigenvalue weighted by Gasteiger charge is -2.13. The van der Waals surface area contributed by atoms with Crippen LogP contribution in [0.2, 0.25) is 0 Å². The first-order chi connectivity index (χ1) is 15.8. The molecule has 7 nitrogen and oxygen atoms in total. The third-order valence-electron chi connectivity index (χ3n) is 5.17. The summed E-state index contributed by atoms with van der Waals surface area (Å²) >= 11 is 0. The van der Waals surface area contributed by atoms with Crippen LogP contribution < -0.4 is 11.1 Å². The number of rotatable bonds is 4. The Morgan fingerprint density at radius 2 is 1.55 bits per heavy atom. The molecule has 164 valence electrons. The molecular weight excluding hydrogens is 433 g/mol. The van der Waals surface area contributed by atoms with Crippen molar-refractivity contribution in [1.29, 1.82) is 0 Å². The fourth-order valence-electron chi connectivity index (χ4n) is 3.62. The van der Waals surface area contributed by atoms with Crippen molar-refractivity contribution in [3.8, 4) is 11.4 Å². The third-order valence-corrected chi connectivity index (χ3v) is 5.17. The van der Waals surface area contributed by atoms with Gasteiger partial charge in [-0.25, -0.2) is 0 Å². The third kappa shape index (κ3) is 3.61. The summed E-state index contributed by atoms with van der Waals surface area (Å²) < 4.78 is 42.2. The molecule has 5 rings (SSSR count). The average molecular weight is 448 g/mol. The molecule has 0 fully saturated rings. The molecule has 0 saturated carbocycles. The maximum Gasteiger partial charge on any atom is 0.417 e. The van der Waals surface area contributed by atoms with Crippen molar-refractivity contribution >= 4 is 33.8 Å². The number of carbonyl (C=O) groups is 1. The molecule has 5 aromatic rings. The summed E-state index contributed by atoms with van der Waals surface area (Å²) in [5, 5.41) is 17.2. The van der Waals surface area contributed by atoms with E-state index in [2.05, 4.69) is 20.6 Å². The number of halogens is 3. The fourth-order valence-corrected chi connectivity index (χ4v) is 3.62. The van der Waals surface area contributed by atoms with Crippen LogP contribution in [-0.4, -0.2) is 25.7 Å². The van der Waals surface area contributed by atoms with E-state index in [-0.39, 0.29) is 11.4 Å². The van der Waals surface area contributed by atoms with Crippen molar-refractivity contribution in [1.82, 2.24) is 19.8 Å². The van der Waals surface area contributed by atoms with Gasteiger partial charge in [-0.15, -0.1) is 15.3 Å². The first-order valence-corrected chi connectivity index (χ1v) is 9.80.